The summed E-state index contributed by atoms with van der Waals surface area (Å²) in [6, 6.07) is 0. The lowest BCUT2D eigenvalue weighted by atomic mass is 10.0. The van der Waals surface area contributed by atoms with Gasteiger partial charge >= 0.3 is 39.5 Å². The van der Waals surface area contributed by atoms with Crippen molar-refractivity contribution in [3.8, 4) is 0 Å². The molecule has 17 nitrogen and oxygen atoms in total. The van der Waals surface area contributed by atoms with E-state index in [4.69, 9.17) is 37.0 Å². The lowest BCUT2D eigenvalue weighted by Crippen LogP contribution is -2.30. The highest BCUT2D eigenvalue weighted by molar-refractivity contribution is 7.47. The van der Waals surface area contributed by atoms with Crippen LogP contribution in [0.2, 0.25) is 0 Å². The number of aliphatic hydroxyl groups is 1. The van der Waals surface area contributed by atoms with Gasteiger partial charge in [0, 0.05) is 25.7 Å². The first-order valence-corrected chi connectivity index (χ1v) is 48.8. The Morgan fingerprint density at radius 1 is 0.250 bits per heavy atom. The molecular weight excluding hydrogens is 1400 g/mol. The fourth-order valence-corrected chi connectivity index (χ4v) is 15.5. The summed E-state index contributed by atoms with van der Waals surface area (Å²) in [6.07, 6.45) is 70.9. The zero-order chi connectivity index (χ0) is 79.3. The summed E-state index contributed by atoms with van der Waals surface area (Å²) in [6.45, 7) is 12.0. The number of aliphatic hydroxyl groups excluding tert-OH is 1. The summed E-state index contributed by atoms with van der Waals surface area (Å²) >= 11 is 0. The summed E-state index contributed by atoms with van der Waals surface area (Å²) in [7, 11) is -9.93. The third kappa shape index (κ3) is 82.1. The highest BCUT2D eigenvalue weighted by Crippen LogP contribution is 2.45. The van der Waals surface area contributed by atoms with Crippen LogP contribution >= 0.6 is 15.6 Å². The Morgan fingerprint density at radius 3 is 0.630 bits per heavy atom. The second-order valence-electron chi connectivity index (χ2n) is 33.4. The smallest absolute Gasteiger partial charge is 0.462 e. The molecule has 0 aromatic carbocycles. The number of rotatable bonds is 87. The summed E-state index contributed by atoms with van der Waals surface area (Å²) in [5, 5.41) is 10.7. The molecule has 0 bridgehead atoms. The van der Waals surface area contributed by atoms with Gasteiger partial charge in [-0.1, -0.05) is 421 Å². The number of carbonyl (C=O) groups is 4. The summed E-state index contributed by atoms with van der Waals surface area (Å²) in [4.78, 5) is 73.3. The van der Waals surface area contributed by atoms with Crippen molar-refractivity contribution in [3.05, 3.63) is 0 Å². The van der Waals surface area contributed by atoms with Crippen LogP contribution in [0.1, 0.15) is 472 Å². The van der Waals surface area contributed by atoms with Gasteiger partial charge in [-0.25, -0.2) is 9.13 Å². The number of hydrogen-bond acceptors (Lipinski definition) is 15. The van der Waals surface area contributed by atoms with Crippen LogP contribution in [0.15, 0.2) is 0 Å². The average molecular weight is 1580 g/mol. The van der Waals surface area contributed by atoms with E-state index in [-0.39, 0.29) is 25.7 Å². The molecule has 19 heteroatoms. The number of carbonyl (C=O) groups excluding carboxylic acids is 4. The predicted molar refractivity (Wildman–Crippen MR) is 446 cm³/mol. The molecule has 2 unspecified atom stereocenters. The fourth-order valence-electron chi connectivity index (χ4n) is 13.9. The summed E-state index contributed by atoms with van der Waals surface area (Å²) < 4.78 is 69.0. The molecule has 3 N–H and O–H groups in total. The predicted octanol–water partition coefficient (Wildman–Crippen LogP) is 27.3. The number of hydrogen-bond donors (Lipinski definition) is 3. The third-order valence-electron chi connectivity index (χ3n) is 20.9. The van der Waals surface area contributed by atoms with Crippen molar-refractivity contribution < 1.29 is 80.2 Å². The SMILES string of the molecule is CCCCCCCCCCCCCCCCCCCCC(=O)O[C@H](COC(=O)CCCCCCCCCCC(C)C)COP(=O)(O)OC[C@H](O)COP(=O)(O)OC[C@@H](COC(=O)CCCCCCCCCCCCCCCCCC(C)C)OC(=O)CCCCCCCCCCCCCCCCCCCCC(C)C. The van der Waals surface area contributed by atoms with E-state index in [1.54, 1.807) is 0 Å². The zero-order valence-electron chi connectivity index (χ0n) is 71.3. The van der Waals surface area contributed by atoms with Crippen molar-refractivity contribution in [1.29, 1.82) is 0 Å². The Labute approximate surface area is 664 Å². The van der Waals surface area contributed by atoms with E-state index in [0.717, 1.165) is 108 Å². The van der Waals surface area contributed by atoms with Crippen LogP contribution in [0.4, 0.5) is 0 Å². The van der Waals surface area contributed by atoms with E-state index in [9.17, 15) is 43.2 Å². The molecule has 108 heavy (non-hydrogen) atoms. The Morgan fingerprint density at radius 2 is 0.426 bits per heavy atom. The minimum absolute atomic E-state index is 0.108. The average Bonchev–Trinajstić information content (AvgIpc) is 0.901. The van der Waals surface area contributed by atoms with Crippen LogP contribution in [0.5, 0.6) is 0 Å². The van der Waals surface area contributed by atoms with Crippen molar-refractivity contribution in [2.45, 2.75) is 491 Å². The lowest BCUT2D eigenvalue weighted by molar-refractivity contribution is -0.161. The molecule has 0 heterocycles. The van der Waals surface area contributed by atoms with Gasteiger partial charge in [-0.2, -0.15) is 0 Å². The van der Waals surface area contributed by atoms with Gasteiger partial charge < -0.3 is 33.8 Å². The molecule has 0 aromatic heterocycles. The van der Waals surface area contributed by atoms with E-state index in [1.807, 2.05) is 0 Å². The molecule has 0 aliphatic heterocycles. The molecular formula is C89H174O17P2. The molecule has 5 atom stereocenters. The summed E-state index contributed by atoms with van der Waals surface area (Å²) in [5.41, 5.74) is 0. The first-order valence-electron chi connectivity index (χ1n) is 45.8. The number of esters is 4. The Balaban J connectivity index is 5.24. The topological polar surface area (TPSA) is 237 Å². The molecule has 0 spiro atoms. The van der Waals surface area contributed by atoms with Crippen LogP contribution in [0.3, 0.4) is 0 Å². The van der Waals surface area contributed by atoms with E-state index < -0.39 is 97.5 Å². The minimum atomic E-state index is -4.97. The molecule has 0 saturated heterocycles. The van der Waals surface area contributed by atoms with Crippen LogP contribution in [0.25, 0.3) is 0 Å². The fraction of sp³-hybridized carbons (Fsp3) is 0.955. The number of phosphoric ester groups is 2. The van der Waals surface area contributed by atoms with Crippen LogP contribution in [-0.4, -0.2) is 96.7 Å². The molecule has 642 valence electrons. The first kappa shape index (κ1) is 106. The molecule has 0 saturated carbocycles. The molecule has 0 aromatic rings. The van der Waals surface area contributed by atoms with E-state index in [0.29, 0.717) is 25.7 Å². The lowest BCUT2D eigenvalue weighted by Gasteiger charge is -2.21. The standard InChI is InChI=1S/C89H174O17P2/c1-8-9-10-11-12-13-14-15-16-17-21-26-32-37-42-51-58-65-73-89(94)106-85(77-100-87(92)71-64-57-50-45-44-48-55-62-69-82(6)7)79-104-108(97,98)102-75-83(90)74-101-107(95,96)103-78-84(76-99-86(91)70-63-56-49-41-36-31-28-23-25-30-35-40-47-54-61-68-81(4)5)105-88(93)72-66-59-52-43-38-33-27-22-19-18-20-24-29-34-39-46-53-60-67-80(2)3/h80-85,90H,8-79H2,1-7H3,(H,95,96)(H,97,98)/t83-,84-,85-/m1/s1. The Kier molecular flexibility index (Phi) is 77.5. The maximum atomic E-state index is 13.2. The maximum Gasteiger partial charge on any atom is 0.472 e. The van der Waals surface area contributed by atoms with Crippen LogP contribution in [0, 0.1) is 17.8 Å². The third-order valence-corrected chi connectivity index (χ3v) is 22.8. The molecule has 0 rings (SSSR count). The Hall–Kier alpha value is -1.94. The highest BCUT2D eigenvalue weighted by Gasteiger charge is 2.31. The van der Waals surface area contributed by atoms with Crippen LogP contribution in [-0.2, 0) is 65.4 Å². The van der Waals surface area contributed by atoms with Gasteiger partial charge in [-0.15, -0.1) is 0 Å². The normalized spacial score (nSPS) is 13.8. The largest absolute Gasteiger partial charge is 0.472 e. The van der Waals surface area contributed by atoms with E-state index >= 15 is 0 Å². The van der Waals surface area contributed by atoms with Gasteiger partial charge in [0.05, 0.1) is 26.4 Å². The molecule has 0 aliphatic carbocycles. The van der Waals surface area contributed by atoms with E-state index in [1.165, 1.54) is 283 Å². The van der Waals surface area contributed by atoms with Gasteiger partial charge in [0.1, 0.15) is 19.3 Å². The summed E-state index contributed by atoms with van der Waals surface area (Å²) in [5.74, 6) is 0.252. The monoisotopic (exact) mass is 1580 g/mol. The van der Waals surface area contributed by atoms with Gasteiger partial charge in [0.2, 0.25) is 0 Å². The number of unbranched alkanes of at least 4 members (excludes halogenated alkanes) is 55. The van der Waals surface area contributed by atoms with Gasteiger partial charge in [-0.05, 0) is 43.4 Å². The molecule has 0 fully saturated rings. The van der Waals surface area contributed by atoms with Crippen molar-refractivity contribution in [1.82, 2.24) is 0 Å². The number of phosphoric acid groups is 2. The quantitative estimate of drug-likeness (QED) is 0.0222. The van der Waals surface area contributed by atoms with Gasteiger partial charge in [0.25, 0.3) is 0 Å². The second kappa shape index (κ2) is 78.9. The minimum Gasteiger partial charge on any atom is -0.462 e. The van der Waals surface area contributed by atoms with Crippen molar-refractivity contribution in [2.24, 2.45) is 17.8 Å². The van der Waals surface area contributed by atoms with Crippen molar-refractivity contribution >= 4 is 39.5 Å². The molecule has 0 aliphatic rings. The van der Waals surface area contributed by atoms with Crippen molar-refractivity contribution in [3.63, 3.8) is 0 Å². The Bertz CT molecular complexity index is 2080. The maximum absolute atomic E-state index is 13.2. The molecule has 0 radical (unpaired) electrons. The second-order valence-corrected chi connectivity index (χ2v) is 36.3. The van der Waals surface area contributed by atoms with Gasteiger partial charge in [-0.3, -0.25) is 37.3 Å². The number of ether oxygens (including phenoxy) is 4. The first-order chi connectivity index (χ1) is 52.2. The van der Waals surface area contributed by atoms with Gasteiger partial charge in [0.15, 0.2) is 12.2 Å². The zero-order valence-corrected chi connectivity index (χ0v) is 73.1. The van der Waals surface area contributed by atoms with Crippen molar-refractivity contribution in [2.75, 3.05) is 39.6 Å². The van der Waals surface area contributed by atoms with E-state index in [2.05, 4.69) is 48.5 Å². The molecule has 0 amide bonds. The highest BCUT2D eigenvalue weighted by atomic mass is 31.2. The van der Waals surface area contributed by atoms with Crippen LogP contribution < -0.4 is 0 Å².